The van der Waals surface area contributed by atoms with E-state index in [1.165, 1.54) is 5.56 Å². The second-order valence-corrected chi connectivity index (χ2v) is 4.99. The van der Waals surface area contributed by atoms with Gasteiger partial charge in [-0.15, -0.1) is 0 Å². The van der Waals surface area contributed by atoms with Gasteiger partial charge in [0.2, 0.25) is 0 Å². The van der Waals surface area contributed by atoms with Crippen LogP contribution in [0.3, 0.4) is 0 Å². The van der Waals surface area contributed by atoms with E-state index in [1.54, 1.807) is 18.9 Å². The molecule has 1 aromatic carbocycles. The third-order valence-electron chi connectivity index (χ3n) is 2.53. The lowest BCUT2D eigenvalue weighted by atomic mass is 10.2. The molecule has 1 N–H and O–H groups in total. The van der Waals surface area contributed by atoms with Gasteiger partial charge in [0.1, 0.15) is 0 Å². The zero-order valence-electron chi connectivity index (χ0n) is 11.5. The van der Waals surface area contributed by atoms with Gasteiger partial charge in [-0.1, -0.05) is 13.0 Å². The van der Waals surface area contributed by atoms with Gasteiger partial charge in [0.05, 0.1) is 13.7 Å². The molecule has 0 saturated carbocycles. The van der Waals surface area contributed by atoms with Crippen molar-refractivity contribution in [3.8, 4) is 11.5 Å². The van der Waals surface area contributed by atoms with E-state index in [0.29, 0.717) is 6.61 Å². The van der Waals surface area contributed by atoms with Gasteiger partial charge in [-0.3, -0.25) is 0 Å². The fourth-order valence-corrected chi connectivity index (χ4v) is 1.84. The molecule has 18 heavy (non-hydrogen) atoms. The molecule has 4 heteroatoms. The molecule has 0 spiro atoms. The van der Waals surface area contributed by atoms with Crippen LogP contribution in [0.15, 0.2) is 18.2 Å². The Morgan fingerprint density at radius 1 is 1.28 bits per heavy atom. The molecule has 0 radical (unpaired) electrons. The van der Waals surface area contributed by atoms with Gasteiger partial charge in [0.15, 0.2) is 11.5 Å². The Kier molecular flexibility index (Phi) is 7.69. The van der Waals surface area contributed by atoms with Crippen LogP contribution in [-0.4, -0.2) is 32.3 Å². The molecule has 0 saturated heterocycles. The van der Waals surface area contributed by atoms with Gasteiger partial charge in [-0.25, -0.2) is 0 Å². The normalized spacial score (nSPS) is 10.4. The Bertz CT molecular complexity index is 345. The number of rotatable bonds is 9. The van der Waals surface area contributed by atoms with Gasteiger partial charge >= 0.3 is 0 Å². The molecule has 0 unspecified atom stereocenters. The van der Waals surface area contributed by atoms with E-state index in [2.05, 4.69) is 30.6 Å². The summed E-state index contributed by atoms with van der Waals surface area (Å²) in [5.74, 6) is 2.62. The van der Waals surface area contributed by atoms with Crippen molar-refractivity contribution in [3.63, 3.8) is 0 Å². The second-order valence-electron chi connectivity index (χ2n) is 4.00. The third kappa shape index (κ3) is 5.19. The molecule has 0 aliphatic heterocycles. The van der Waals surface area contributed by atoms with Crippen LogP contribution < -0.4 is 14.8 Å². The minimum absolute atomic E-state index is 0.712. The predicted molar refractivity (Wildman–Crippen MR) is 78.9 cm³/mol. The van der Waals surface area contributed by atoms with Crippen molar-refractivity contribution in [1.82, 2.24) is 5.32 Å². The lowest BCUT2D eigenvalue weighted by Crippen LogP contribution is -2.14. The molecular formula is C14H23NO2S. The fraction of sp³-hybridized carbons (Fsp3) is 0.571. The first-order chi connectivity index (χ1) is 8.81. The lowest BCUT2D eigenvalue weighted by Gasteiger charge is -2.12. The quantitative estimate of drug-likeness (QED) is 0.698. The highest BCUT2D eigenvalue weighted by Crippen LogP contribution is 2.28. The molecule has 0 atom stereocenters. The molecular weight excluding hydrogens is 246 g/mol. The molecule has 0 aliphatic carbocycles. The van der Waals surface area contributed by atoms with Crippen LogP contribution in [0.4, 0.5) is 0 Å². The molecule has 102 valence electrons. The Morgan fingerprint density at radius 3 is 2.78 bits per heavy atom. The van der Waals surface area contributed by atoms with Crippen molar-refractivity contribution in [2.45, 2.75) is 19.9 Å². The Morgan fingerprint density at radius 2 is 2.11 bits per heavy atom. The van der Waals surface area contributed by atoms with Crippen LogP contribution in [0.5, 0.6) is 11.5 Å². The average molecular weight is 269 g/mol. The van der Waals surface area contributed by atoms with Crippen molar-refractivity contribution < 1.29 is 9.47 Å². The van der Waals surface area contributed by atoms with Gasteiger partial charge in [-0.05, 0) is 36.9 Å². The van der Waals surface area contributed by atoms with Crippen molar-refractivity contribution in [1.29, 1.82) is 0 Å². The smallest absolute Gasteiger partial charge is 0.161 e. The number of methoxy groups -OCH3 is 1. The highest BCUT2D eigenvalue weighted by atomic mass is 32.2. The number of nitrogens with one attached hydrogen (secondary N) is 1. The standard InChI is InChI=1S/C14H23NO2S/c1-4-7-15-11-12-5-6-13(16-2)14(10-12)17-8-9-18-3/h5-6,10,15H,4,7-9,11H2,1-3H3. The molecule has 0 heterocycles. The first-order valence-corrected chi connectivity index (χ1v) is 7.70. The minimum Gasteiger partial charge on any atom is -0.493 e. The Labute approximate surface area is 114 Å². The molecule has 0 bridgehead atoms. The zero-order chi connectivity index (χ0) is 13.2. The molecule has 0 aliphatic rings. The highest BCUT2D eigenvalue weighted by Gasteiger charge is 2.05. The summed E-state index contributed by atoms with van der Waals surface area (Å²) in [5.41, 5.74) is 1.23. The number of benzene rings is 1. The average Bonchev–Trinajstić information content (AvgIpc) is 2.40. The van der Waals surface area contributed by atoms with E-state index in [4.69, 9.17) is 9.47 Å². The van der Waals surface area contributed by atoms with Gasteiger partial charge in [0.25, 0.3) is 0 Å². The van der Waals surface area contributed by atoms with E-state index < -0.39 is 0 Å². The summed E-state index contributed by atoms with van der Waals surface area (Å²) in [6.45, 7) is 4.78. The maximum absolute atomic E-state index is 5.74. The minimum atomic E-state index is 0.712. The van der Waals surface area contributed by atoms with Gasteiger partial charge in [0, 0.05) is 12.3 Å². The van der Waals surface area contributed by atoms with Crippen LogP contribution in [0.2, 0.25) is 0 Å². The van der Waals surface area contributed by atoms with E-state index in [9.17, 15) is 0 Å². The van der Waals surface area contributed by atoms with Crippen molar-refractivity contribution in [3.05, 3.63) is 23.8 Å². The topological polar surface area (TPSA) is 30.5 Å². The first-order valence-electron chi connectivity index (χ1n) is 6.31. The van der Waals surface area contributed by atoms with Crippen LogP contribution in [-0.2, 0) is 6.54 Å². The highest BCUT2D eigenvalue weighted by molar-refractivity contribution is 7.98. The number of hydrogen-bond donors (Lipinski definition) is 1. The summed E-state index contributed by atoms with van der Waals surface area (Å²) in [5, 5.41) is 3.38. The SMILES string of the molecule is CCCNCc1ccc(OC)c(OCCSC)c1. The number of thioether (sulfide) groups is 1. The summed E-state index contributed by atoms with van der Waals surface area (Å²) < 4.78 is 11.0. The number of hydrogen-bond acceptors (Lipinski definition) is 4. The Balaban J connectivity index is 2.62. The summed E-state index contributed by atoms with van der Waals surface area (Å²) >= 11 is 1.78. The van der Waals surface area contributed by atoms with E-state index in [1.807, 2.05) is 6.07 Å². The van der Waals surface area contributed by atoms with E-state index in [-0.39, 0.29) is 0 Å². The monoisotopic (exact) mass is 269 g/mol. The van der Waals surface area contributed by atoms with E-state index in [0.717, 1.165) is 36.8 Å². The molecule has 1 rings (SSSR count). The maximum atomic E-state index is 5.74. The van der Waals surface area contributed by atoms with Crippen molar-refractivity contribution >= 4 is 11.8 Å². The van der Waals surface area contributed by atoms with Crippen molar-refractivity contribution in [2.75, 3.05) is 32.3 Å². The molecule has 0 aromatic heterocycles. The zero-order valence-corrected chi connectivity index (χ0v) is 12.3. The number of ether oxygens (including phenoxy) is 2. The van der Waals surface area contributed by atoms with Crippen LogP contribution in [0.25, 0.3) is 0 Å². The van der Waals surface area contributed by atoms with Crippen LogP contribution >= 0.6 is 11.8 Å². The van der Waals surface area contributed by atoms with E-state index >= 15 is 0 Å². The van der Waals surface area contributed by atoms with Crippen molar-refractivity contribution in [2.24, 2.45) is 0 Å². The Hall–Kier alpha value is -0.870. The van der Waals surface area contributed by atoms with Gasteiger partial charge < -0.3 is 14.8 Å². The fourth-order valence-electron chi connectivity index (χ4n) is 1.59. The molecule has 3 nitrogen and oxygen atoms in total. The molecule has 0 fully saturated rings. The summed E-state index contributed by atoms with van der Waals surface area (Å²) in [7, 11) is 1.67. The van der Waals surface area contributed by atoms with Crippen LogP contribution in [0, 0.1) is 0 Å². The lowest BCUT2D eigenvalue weighted by molar-refractivity contribution is 0.313. The first kappa shape index (κ1) is 15.2. The molecule has 1 aromatic rings. The molecule has 0 amide bonds. The third-order valence-corrected chi connectivity index (χ3v) is 3.10. The maximum Gasteiger partial charge on any atom is 0.161 e. The van der Waals surface area contributed by atoms with Crippen LogP contribution in [0.1, 0.15) is 18.9 Å². The largest absolute Gasteiger partial charge is 0.493 e. The predicted octanol–water partition coefficient (Wildman–Crippen LogP) is 2.94. The summed E-state index contributed by atoms with van der Waals surface area (Å²) in [6.07, 6.45) is 3.22. The van der Waals surface area contributed by atoms with Gasteiger partial charge in [-0.2, -0.15) is 11.8 Å². The summed E-state index contributed by atoms with van der Waals surface area (Å²) in [4.78, 5) is 0. The summed E-state index contributed by atoms with van der Waals surface area (Å²) in [6, 6.07) is 6.10. The second kappa shape index (κ2) is 9.11.